The Morgan fingerprint density at radius 3 is 2.38 bits per heavy atom. The molecule has 0 radical (unpaired) electrons. The Labute approximate surface area is 154 Å². The van der Waals surface area contributed by atoms with Crippen molar-refractivity contribution in [1.82, 2.24) is 15.5 Å². The molecular formula is C20H27N3O3. The number of ether oxygens (including phenoxy) is 1. The maximum atomic E-state index is 12.3. The number of amides is 2. The fourth-order valence-electron chi connectivity index (χ4n) is 2.83. The van der Waals surface area contributed by atoms with Gasteiger partial charge in [-0.05, 0) is 25.7 Å². The Bertz CT molecular complexity index is 692. The first-order chi connectivity index (χ1) is 12.6. The minimum Gasteiger partial charge on any atom is -0.496 e. The number of aliphatic hydroxyl groups is 1. The lowest BCUT2D eigenvalue weighted by molar-refractivity contribution is 0.212. The van der Waals surface area contributed by atoms with Crippen LogP contribution >= 0.6 is 0 Å². The predicted octanol–water partition coefficient (Wildman–Crippen LogP) is 2.33. The first-order valence-electron chi connectivity index (χ1n) is 8.56. The van der Waals surface area contributed by atoms with Crippen molar-refractivity contribution in [2.24, 2.45) is 0 Å². The van der Waals surface area contributed by atoms with Crippen LogP contribution in [0.3, 0.4) is 0 Å². The number of nitrogens with zero attached hydrogens (tertiary/aromatic N) is 1. The van der Waals surface area contributed by atoms with Gasteiger partial charge in [-0.15, -0.1) is 0 Å². The third-order valence-electron chi connectivity index (χ3n) is 4.27. The number of urea groups is 1. The summed E-state index contributed by atoms with van der Waals surface area (Å²) in [6.45, 7) is 0.243. The van der Waals surface area contributed by atoms with Gasteiger partial charge in [0.15, 0.2) is 0 Å². The number of rotatable bonds is 8. The van der Waals surface area contributed by atoms with Gasteiger partial charge in [-0.2, -0.15) is 0 Å². The number of hydrogen-bond acceptors (Lipinski definition) is 4. The number of likely N-dealkylation sites (N-methyl/N-ethyl adjacent to an activating group) is 1. The highest BCUT2D eigenvalue weighted by Crippen LogP contribution is 2.27. The molecule has 3 N–H and O–H groups in total. The van der Waals surface area contributed by atoms with Gasteiger partial charge in [0.05, 0.1) is 25.8 Å². The molecule has 26 heavy (non-hydrogen) atoms. The third-order valence-corrected chi connectivity index (χ3v) is 4.27. The molecule has 0 saturated heterocycles. The third kappa shape index (κ3) is 5.21. The summed E-state index contributed by atoms with van der Waals surface area (Å²) in [5.74, 6) is 0.783. The molecule has 6 nitrogen and oxygen atoms in total. The first kappa shape index (κ1) is 19.8. The van der Waals surface area contributed by atoms with Crippen LogP contribution in [-0.2, 0) is 0 Å². The quantitative estimate of drug-likeness (QED) is 0.678. The van der Waals surface area contributed by atoms with Gasteiger partial charge < -0.3 is 25.4 Å². The zero-order valence-corrected chi connectivity index (χ0v) is 15.5. The Morgan fingerprint density at radius 1 is 1.12 bits per heavy atom. The van der Waals surface area contributed by atoms with Crippen molar-refractivity contribution in [2.45, 2.75) is 12.1 Å². The van der Waals surface area contributed by atoms with E-state index in [1.807, 2.05) is 73.6 Å². The van der Waals surface area contributed by atoms with Crippen LogP contribution in [0.2, 0.25) is 0 Å². The standard InChI is InChI=1S/C20H27N3O3/c1-23(2)18(16-11-7-8-12-19(16)26-3)13-21-20(25)22-17(14-24)15-9-5-4-6-10-15/h4-12,17-18,24H,13-14H2,1-3H3,(H2,21,22,25). The van der Waals surface area contributed by atoms with E-state index in [4.69, 9.17) is 4.74 Å². The van der Waals surface area contributed by atoms with Gasteiger partial charge in [0.2, 0.25) is 0 Å². The molecule has 2 unspecified atom stereocenters. The summed E-state index contributed by atoms with van der Waals surface area (Å²) in [4.78, 5) is 14.3. The van der Waals surface area contributed by atoms with E-state index in [-0.39, 0.29) is 18.7 Å². The van der Waals surface area contributed by atoms with Crippen molar-refractivity contribution in [1.29, 1.82) is 0 Å². The number of carbonyl (C=O) groups excluding carboxylic acids is 1. The zero-order valence-electron chi connectivity index (χ0n) is 15.5. The molecule has 0 spiro atoms. The van der Waals surface area contributed by atoms with Gasteiger partial charge in [0, 0.05) is 12.1 Å². The fraction of sp³-hybridized carbons (Fsp3) is 0.350. The van der Waals surface area contributed by atoms with Crippen LogP contribution in [-0.4, -0.2) is 50.4 Å². The highest BCUT2D eigenvalue weighted by atomic mass is 16.5. The van der Waals surface area contributed by atoms with Crippen molar-refractivity contribution < 1.29 is 14.6 Å². The number of carbonyl (C=O) groups is 1. The van der Waals surface area contributed by atoms with E-state index in [0.717, 1.165) is 16.9 Å². The largest absolute Gasteiger partial charge is 0.496 e. The molecule has 2 aromatic carbocycles. The second kappa shape index (κ2) is 9.79. The van der Waals surface area contributed by atoms with Crippen LogP contribution in [0.25, 0.3) is 0 Å². The van der Waals surface area contributed by atoms with E-state index in [9.17, 15) is 9.90 Å². The summed E-state index contributed by atoms with van der Waals surface area (Å²) >= 11 is 0. The average Bonchev–Trinajstić information content (AvgIpc) is 2.67. The van der Waals surface area contributed by atoms with Gasteiger partial charge in [0.25, 0.3) is 0 Å². The smallest absolute Gasteiger partial charge is 0.315 e. The topological polar surface area (TPSA) is 73.8 Å². The summed E-state index contributed by atoms with van der Waals surface area (Å²) in [5.41, 5.74) is 1.86. The minimum atomic E-state index is -0.444. The monoisotopic (exact) mass is 357 g/mol. The summed E-state index contributed by atoms with van der Waals surface area (Å²) in [5, 5.41) is 15.3. The lowest BCUT2D eigenvalue weighted by Gasteiger charge is -2.27. The van der Waals surface area contributed by atoms with Gasteiger partial charge in [0.1, 0.15) is 5.75 Å². The molecule has 0 saturated carbocycles. The van der Waals surface area contributed by atoms with Crippen LogP contribution in [0.5, 0.6) is 5.75 Å². The highest BCUT2D eigenvalue weighted by molar-refractivity contribution is 5.74. The van der Waals surface area contributed by atoms with Crippen LogP contribution in [0.1, 0.15) is 23.2 Å². The Hall–Kier alpha value is -2.57. The number of hydrogen-bond donors (Lipinski definition) is 3. The highest BCUT2D eigenvalue weighted by Gasteiger charge is 2.20. The van der Waals surface area contributed by atoms with Crippen LogP contribution in [0, 0.1) is 0 Å². The Balaban J connectivity index is 2.01. The van der Waals surface area contributed by atoms with E-state index in [0.29, 0.717) is 6.54 Å². The fourth-order valence-corrected chi connectivity index (χ4v) is 2.83. The Morgan fingerprint density at radius 2 is 1.77 bits per heavy atom. The first-order valence-corrected chi connectivity index (χ1v) is 8.56. The lowest BCUT2D eigenvalue weighted by Crippen LogP contribution is -2.42. The molecule has 0 heterocycles. The zero-order chi connectivity index (χ0) is 18.9. The van der Waals surface area contributed by atoms with Gasteiger partial charge in [-0.1, -0.05) is 48.5 Å². The summed E-state index contributed by atoms with van der Waals surface area (Å²) in [6, 6.07) is 16.3. The van der Waals surface area contributed by atoms with Crippen LogP contribution < -0.4 is 15.4 Å². The molecule has 0 aliphatic rings. The molecule has 0 aliphatic carbocycles. The average molecular weight is 357 g/mol. The summed E-state index contributed by atoms with van der Waals surface area (Å²) in [6.07, 6.45) is 0. The van der Waals surface area contributed by atoms with Gasteiger partial charge >= 0.3 is 6.03 Å². The van der Waals surface area contributed by atoms with Crippen molar-refractivity contribution in [3.05, 3.63) is 65.7 Å². The van der Waals surface area contributed by atoms with Crippen molar-refractivity contribution in [2.75, 3.05) is 34.4 Å². The number of methoxy groups -OCH3 is 1. The molecular weight excluding hydrogens is 330 g/mol. The van der Waals surface area contributed by atoms with E-state index in [2.05, 4.69) is 10.6 Å². The Kier molecular flexibility index (Phi) is 7.44. The second-order valence-corrected chi connectivity index (χ2v) is 6.22. The van der Waals surface area contributed by atoms with E-state index < -0.39 is 6.04 Å². The molecule has 0 bridgehead atoms. The van der Waals surface area contributed by atoms with Crippen molar-refractivity contribution in [3.8, 4) is 5.75 Å². The van der Waals surface area contributed by atoms with Crippen LogP contribution in [0.15, 0.2) is 54.6 Å². The maximum Gasteiger partial charge on any atom is 0.315 e. The normalized spacial score (nSPS) is 13.1. The molecule has 2 amide bonds. The number of nitrogens with one attached hydrogen (secondary N) is 2. The van der Waals surface area contributed by atoms with Crippen molar-refractivity contribution in [3.63, 3.8) is 0 Å². The second-order valence-electron chi connectivity index (χ2n) is 6.22. The molecule has 6 heteroatoms. The maximum absolute atomic E-state index is 12.3. The molecule has 140 valence electrons. The molecule has 2 rings (SSSR count). The predicted molar refractivity (Wildman–Crippen MR) is 102 cm³/mol. The number of benzene rings is 2. The molecule has 2 aromatic rings. The molecule has 2 atom stereocenters. The molecule has 0 fully saturated rings. The van der Waals surface area contributed by atoms with E-state index in [1.54, 1.807) is 7.11 Å². The van der Waals surface area contributed by atoms with E-state index in [1.165, 1.54) is 0 Å². The van der Waals surface area contributed by atoms with Gasteiger partial charge in [-0.25, -0.2) is 4.79 Å². The summed E-state index contributed by atoms with van der Waals surface area (Å²) < 4.78 is 5.44. The SMILES string of the molecule is COc1ccccc1C(CNC(=O)NC(CO)c1ccccc1)N(C)C. The lowest BCUT2D eigenvalue weighted by atomic mass is 10.0. The van der Waals surface area contributed by atoms with Gasteiger partial charge in [-0.3, -0.25) is 0 Å². The van der Waals surface area contributed by atoms with Crippen molar-refractivity contribution >= 4 is 6.03 Å². The summed E-state index contributed by atoms with van der Waals surface area (Å²) in [7, 11) is 5.55. The number of para-hydroxylation sites is 1. The number of aliphatic hydroxyl groups excluding tert-OH is 1. The minimum absolute atomic E-state index is 0.0406. The van der Waals surface area contributed by atoms with Crippen LogP contribution in [0.4, 0.5) is 4.79 Å². The molecule has 0 aromatic heterocycles. The molecule has 0 aliphatic heterocycles. The van der Waals surface area contributed by atoms with E-state index >= 15 is 0 Å².